The molecule has 1 aliphatic rings. The molecule has 0 radical (unpaired) electrons. The van der Waals surface area contributed by atoms with E-state index >= 15 is 0 Å². The van der Waals surface area contributed by atoms with E-state index in [0.717, 1.165) is 11.8 Å². The number of fused-ring (bicyclic) bond motifs is 1. The molecule has 0 saturated carbocycles. The number of amides is 1. The average molecular weight is 347 g/mol. The number of ether oxygens (including phenoxy) is 2. The zero-order chi connectivity index (χ0) is 17.2. The smallest absolute Gasteiger partial charge is 0.251 e. The number of hydrogen-bond acceptors (Lipinski definition) is 5. The third-order valence-electron chi connectivity index (χ3n) is 3.61. The first kappa shape index (κ1) is 16.3. The summed E-state index contributed by atoms with van der Waals surface area (Å²) in [5.41, 5.74) is 1.29. The van der Waals surface area contributed by atoms with Gasteiger partial charge in [-0.25, -0.2) is 8.42 Å². The molecule has 0 aromatic heterocycles. The van der Waals surface area contributed by atoms with Crippen LogP contribution < -0.4 is 14.8 Å². The van der Waals surface area contributed by atoms with Crippen LogP contribution in [0.1, 0.15) is 15.9 Å². The first-order valence-corrected chi connectivity index (χ1v) is 9.29. The van der Waals surface area contributed by atoms with E-state index in [0.29, 0.717) is 36.8 Å². The van der Waals surface area contributed by atoms with E-state index in [9.17, 15) is 13.2 Å². The van der Waals surface area contributed by atoms with E-state index in [1.807, 2.05) is 0 Å². The molecule has 2 aromatic carbocycles. The van der Waals surface area contributed by atoms with Crippen molar-refractivity contribution in [2.24, 2.45) is 0 Å². The summed E-state index contributed by atoms with van der Waals surface area (Å²) >= 11 is 0. The minimum absolute atomic E-state index is 0.237. The molecule has 6 nitrogen and oxygen atoms in total. The summed E-state index contributed by atoms with van der Waals surface area (Å²) in [4.78, 5) is 12.5. The fourth-order valence-electron chi connectivity index (χ4n) is 2.32. The Labute approximate surface area is 140 Å². The van der Waals surface area contributed by atoms with Crippen molar-refractivity contribution in [1.82, 2.24) is 5.32 Å². The van der Waals surface area contributed by atoms with Gasteiger partial charge in [-0.15, -0.1) is 0 Å². The van der Waals surface area contributed by atoms with Crippen LogP contribution in [0.4, 0.5) is 0 Å². The van der Waals surface area contributed by atoms with Crippen molar-refractivity contribution < 1.29 is 22.7 Å². The van der Waals surface area contributed by atoms with Crippen molar-refractivity contribution in [1.29, 1.82) is 0 Å². The molecule has 1 heterocycles. The summed E-state index contributed by atoms with van der Waals surface area (Å²) < 4.78 is 33.7. The Kier molecular flexibility index (Phi) is 4.44. The van der Waals surface area contributed by atoms with Gasteiger partial charge in [0, 0.05) is 18.4 Å². The maximum absolute atomic E-state index is 12.2. The number of rotatable bonds is 4. The lowest BCUT2D eigenvalue weighted by Gasteiger charge is -2.18. The second-order valence-corrected chi connectivity index (χ2v) is 7.47. The molecule has 0 unspecified atom stereocenters. The van der Waals surface area contributed by atoms with Crippen molar-refractivity contribution in [3.05, 3.63) is 53.6 Å². The van der Waals surface area contributed by atoms with E-state index in [2.05, 4.69) is 5.32 Å². The van der Waals surface area contributed by atoms with Gasteiger partial charge in [0.1, 0.15) is 13.2 Å². The van der Waals surface area contributed by atoms with E-state index in [4.69, 9.17) is 9.47 Å². The van der Waals surface area contributed by atoms with Crippen LogP contribution in [-0.4, -0.2) is 33.8 Å². The van der Waals surface area contributed by atoms with Gasteiger partial charge in [-0.3, -0.25) is 4.79 Å². The Hall–Kier alpha value is -2.54. The van der Waals surface area contributed by atoms with Gasteiger partial charge in [-0.05, 0) is 35.9 Å². The van der Waals surface area contributed by atoms with Crippen molar-refractivity contribution in [3.63, 3.8) is 0 Å². The molecule has 1 amide bonds. The van der Waals surface area contributed by atoms with Gasteiger partial charge < -0.3 is 14.8 Å². The number of carbonyl (C=O) groups is 1. The van der Waals surface area contributed by atoms with Gasteiger partial charge >= 0.3 is 0 Å². The molecule has 7 heteroatoms. The minimum atomic E-state index is -3.22. The van der Waals surface area contributed by atoms with Gasteiger partial charge in [0.25, 0.3) is 5.91 Å². The zero-order valence-electron chi connectivity index (χ0n) is 13.1. The number of hydrogen-bond donors (Lipinski definition) is 1. The number of carbonyl (C=O) groups excluding carboxylic acids is 1. The summed E-state index contributed by atoms with van der Waals surface area (Å²) in [6.07, 6.45) is 1.16. The average Bonchev–Trinajstić information content (AvgIpc) is 2.59. The molecule has 1 N–H and O–H groups in total. The van der Waals surface area contributed by atoms with Crippen LogP contribution in [0.3, 0.4) is 0 Å². The molecule has 0 saturated heterocycles. The van der Waals surface area contributed by atoms with Crippen molar-refractivity contribution in [2.45, 2.75) is 11.4 Å². The highest BCUT2D eigenvalue weighted by atomic mass is 32.2. The van der Waals surface area contributed by atoms with Crippen molar-refractivity contribution in [2.75, 3.05) is 19.5 Å². The fourth-order valence-corrected chi connectivity index (χ4v) is 2.95. The molecular weight excluding hydrogens is 330 g/mol. The topological polar surface area (TPSA) is 81.7 Å². The van der Waals surface area contributed by atoms with Crippen LogP contribution >= 0.6 is 0 Å². The van der Waals surface area contributed by atoms with Gasteiger partial charge in [-0.1, -0.05) is 12.1 Å². The second kappa shape index (κ2) is 6.52. The standard InChI is InChI=1S/C17H17NO5S/c1-24(20,21)14-5-2-12(3-6-14)11-18-17(19)13-4-7-15-16(10-13)23-9-8-22-15/h2-7,10H,8-9,11H2,1H3,(H,18,19). The molecule has 0 aliphatic carbocycles. The highest BCUT2D eigenvalue weighted by Gasteiger charge is 2.15. The minimum Gasteiger partial charge on any atom is -0.486 e. The third kappa shape index (κ3) is 3.68. The molecule has 126 valence electrons. The highest BCUT2D eigenvalue weighted by molar-refractivity contribution is 7.90. The predicted octanol–water partition coefficient (Wildman–Crippen LogP) is 1.79. The van der Waals surface area contributed by atoms with Crippen LogP contribution in [0, 0.1) is 0 Å². The Morgan fingerprint density at radius 2 is 1.71 bits per heavy atom. The molecule has 0 atom stereocenters. The second-order valence-electron chi connectivity index (χ2n) is 5.46. The Morgan fingerprint density at radius 3 is 2.38 bits per heavy atom. The summed E-state index contributed by atoms with van der Waals surface area (Å²) in [5, 5.41) is 2.80. The van der Waals surface area contributed by atoms with Crippen LogP contribution in [0.2, 0.25) is 0 Å². The monoisotopic (exact) mass is 347 g/mol. The molecule has 3 rings (SSSR count). The van der Waals surface area contributed by atoms with Crippen LogP contribution in [-0.2, 0) is 16.4 Å². The summed E-state index contributed by atoms with van der Waals surface area (Å²) in [6, 6.07) is 11.5. The largest absolute Gasteiger partial charge is 0.486 e. The molecule has 1 aliphatic heterocycles. The molecule has 0 bridgehead atoms. The maximum Gasteiger partial charge on any atom is 0.251 e. The number of benzene rings is 2. The van der Waals surface area contributed by atoms with E-state index < -0.39 is 9.84 Å². The van der Waals surface area contributed by atoms with Gasteiger partial charge in [0.05, 0.1) is 4.90 Å². The lowest BCUT2D eigenvalue weighted by Crippen LogP contribution is -2.23. The quantitative estimate of drug-likeness (QED) is 0.912. The Morgan fingerprint density at radius 1 is 1.04 bits per heavy atom. The third-order valence-corrected chi connectivity index (χ3v) is 4.74. The Bertz CT molecular complexity index is 859. The zero-order valence-corrected chi connectivity index (χ0v) is 13.9. The molecular formula is C17H17NO5S. The molecule has 0 fully saturated rings. The van der Waals surface area contributed by atoms with Crippen LogP contribution in [0.15, 0.2) is 47.4 Å². The molecule has 0 spiro atoms. The van der Waals surface area contributed by atoms with Gasteiger partial charge in [0.2, 0.25) is 0 Å². The first-order chi connectivity index (χ1) is 11.4. The van der Waals surface area contributed by atoms with E-state index in [1.54, 1.807) is 30.3 Å². The number of sulfone groups is 1. The first-order valence-electron chi connectivity index (χ1n) is 7.40. The van der Waals surface area contributed by atoms with Gasteiger partial charge in [-0.2, -0.15) is 0 Å². The summed E-state index contributed by atoms with van der Waals surface area (Å²) in [5.74, 6) is 0.958. The fraction of sp³-hybridized carbons (Fsp3) is 0.235. The van der Waals surface area contributed by atoms with E-state index in [1.165, 1.54) is 12.1 Å². The SMILES string of the molecule is CS(=O)(=O)c1ccc(CNC(=O)c2ccc3c(c2)OCCO3)cc1. The summed E-state index contributed by atoms with van der Waals surface area (Å²) in [6.45, 7) is 1.27. The highest BCUT2D eigenvalue weighted by Crippen LogP contribution is 2.30. The predicted molar refractivity (Wildman–Crippen MR) is 88.2 cm³/mol. The van der Waals surface area contributed by atoms with Crippen LogP contribution in [0.25, 0.3) is 0 Å². The van der Waals surface area contributed by atoms with E-state index in [-0.39, 0.29) is 10.8 Å². The lowest BCUT2D eigenvalue weighted by atomic mass is 10.1. The normalized spacial score (nSPS) is 13.4. The maximum atomic E-state index is 12.2. The van der Waals surface area contributed by atoms with Crippen molar-refractivity contribution >= 4 is 15.7 Å². The molecule has 24 heavy (non-hydrogen) atoms. The van der Waals surface area contributed by atoms with Gasteiger partial charge in [0.15, 0.2) is 21.3 Å². The Balaban J connectivity index is 1.65. The lowest BCUT2D eigenvalue weighted by molar-refractivity contribution is 0.0949. The number of nitrogens with one attached hydrogen (secondary N) is 1. The van der Waals surface area contributed by atoms with Crippen molar-refractivity contribution in [3.8, 4) is 11.5 Å². The molecule has 2 aromatic rings. The summed E-state index contributed by atoms with van der Waals surface area (Å²) in [7, 11) is -3.22. The van der Waals surface area contributed by atoms with Crippen LogP contribution in [0.5, 0.6) is 11.5 Å².